The first-order valence-electron chi connectivity index (χ1n) is 2.55. The van der Waals surface area contributed by atoms with E-state index in [0.717, 1.165) is 0 Å². The first-order chi connectivity index (χ1) is 4.72. The normalized spacial score (nSPS) is 9.20. The average molecular weight is 155 g/mol. The third-order valence-electron chi connectivity index (χ3n) is 0.941. The van der Waals surface area contributed by atoms with Crippen LogP contribution in [0.1, 0.15) is 10.5 Å². The van der Waals surface area contributed by atoms with Gasteiger partial charge in [0.05, 0.1) is 0 Å². The molecule has 1 heterocycles. The molecule has 0 aliphatic rings. The van der Waals surface area contributed by atoms with Gasteiger partial charge in [0.2, 0.25) is 0 Å². The van der Waals surface area contributed by atoms with Gasteiger partial charge >= 0.3 is 0 Å². The lowest BCUT2D eigenvalue weighted by molar-refractivity contribution is 0.0994. The van der Waals surface area contributed by atoms with Gasteiger partial charge in [-0.15, -0.1) is 0 Å². The molecule has 3 N–H and O–H groups in total. The molecular weight excluding hydrogens is 150 g/mol. The highest BCUT2D eigenvalue weighted by Gasteiger charge is 2.01. The Morgan fingerprint density at radius 1 is 1.80 bits per heavy atom. The maximum atomic E-state index is 10.5. The zero-order valence-corrected chi connectivity index (χ0v) is 5.81. The van der Waals surface area contributed by atoms with E-state index < -0.39 is 5.91 Å². The van der Waals surface area contributed by atoms with Crippen LogP contribution >= 0.6 is 12.2 Å². The summed E-state index contributed by atoms with van der Waals surface area (Å²) in [6, 6.07) is 0. The maximum Gasteiger partial charge on any atom is 0.270 e. The summed E-state index contributed by atoms with van der Waals surface area (Å²) < 4.78 is 0.273. The van der Waals surface area contributed by atoms with Gasteiger partial charge < -0.3 is 10.7 Å². The van der Waals surface area contributed by atoms with Gasteiger partial charge in [-0.2, -0.15) is 0 Å². The lowest BCUT2D eigenvalue weighted by Crippen LogP contribution is -2.13. The topological polar surface area (TPSA) is 71.8 Å². The minimum absolute atomic E-state index is 0.109. The summed E-state index contributed by atoms with van der Waals surface area (Å²) in [5.74, 6) is -0.609. The minimum atomic E-state index is -0.609. The number of nitrogens with two attached hydrogens (primary N) is 1. The molecule has 0 aliphatic heterocycles. The molecule has 0 spiro atoms. The molecule has 0 aromatic carbocycles. The first-order valence-corrected chi connectivity index (χ1v) is 2.96. The lowest BCUT2D eigenvalue weighted by atomic mass is 10.4. The van der Waals surface area contributed by atoms with Gasteiger partial charge in [-0.25, -0.2) is 4.98 Å². The fourth-order valence-corrected chi connectivity index (χ4v) is 0.749. The van der Waals surface area contributed by atoms with Crippen molar-refractivity contribution in [2.75, 3.05) is 0 Å². The van der Waals surface area contributed by atoms with Crippen LogP contribution in [0.15, 0.2) is 12.4 Å². The summed E-state index contributed by atoms with van der Waals surface area (Å²) in [6.07, 6.45) is 2.96. The molecule has 5 heteroatoms. The first kappa shape index (κ1) is 6.88. The van der Waals surface area contributed by atoms with Gasteiger partial charge in [-0.1, -0.05) is 12.2 Å². The largest absolute Gasteiger partial charge is 0.364 e. The molecule has 0 unspecified atom stereocenters. The molecule has 1 aromatic rings. The monoisotopic (exact) mass is 155 g/mol. The Hall–Kier alpha value is -1.23. The fourth-order valence-electron chi connectivity index (χ4n) is 0.527. The number of nitrogens with one attached hydrogen (secondary N) is 1. The molecule has 1 aromatic heterocycles. The van der Waals surface area contributed by atoms with Crippen LogP contribution in [0.2, 0.25) is 0 Å². The summed E-state index contributed by atoms with van der Waals surface area (Å²) in [5, 5.41) is 0. The van der Waals surface area contributed by atoms with Crippen LogP contribution in [0.3, 0.4) is 0 Å². The van der Waals surface area contributed by atoms with E-state index in [9.17, 15) is 4.79 Å². The van der Waals surface area contributed by atoms with Gasteiger partial charge in [0.15, 0.2) is 5.69 Å². The number of aromatic amines is 1. The zero-order valence-electron chi connectivity index (χ0n) is 5.00. The molecule has 1 amide bonds. The van der Waals surface area contributed by atoms with Gasteiger partial charge in [0.1, 0.15) is 4.64 Å². The standard InChI is InChI=1S/C5H5N3OS/c6-4(9)3-5(10)8-2-1-7-3/h1-2H,(H2,6,9)(H,8,10). The zero-order chi connectivity index (χ0) is 7.56. The molecule has 4 nitrogen and oxygen atoms in total. The second kappa shape index (κ2) is 2.57. The minimum Gasteiger partial charge on any atom is -0.364 e. The van der Waals surface area contributed by atoms with E-state index in [-0.39, 0.29) is 10.3 Å². The summed E-state index contributed by atoms with van der Waals surface area (Å²) in [6.45, 7) is 0. The van der Waals surface area contributed by atoms with Gasteiger partial charge in [0.25, 0.3) is 5.91 Å². The highest BCUT2D eigenvalue weighted by molar-refractivity contribution is 7.71. The highest BCUT2D eigenvalue weighted by Crippen LogP contribution is 1.91. The molecule has 0 fully saturated rings. The number of carbonyl (C=O) groups is 1. The van der Waals surface area contributed by atoms with Gasteiger partial charge in [-0.05, 0) is 0 Å². The molecule has 0 radical (unpaired) electrons. The summed E-state index contributed by atoms with van der Waals surface area (Å²) in [7, 11) is 0. The third kappa shape index (κ3) is 1.19. The molecule has 0 aliphatic carbocycles. The third-order valence-corrected chi connectivity index (χ3v) is 1.25. The quantitative estimate of drug-likeness (QED) is 0.570. The predicted molar refractivity (Wildman–Crippen MR) is 37.9 cm³/mol. The highest BCUT2D eigenvalue weighted by atomic mass is 32.1. The van der Waals surface area contributed by atoms with Crippen LogP contribution < -0.4 is 5.73 Å². The maximum absolute atomic E-state index is 10.5. The molecule has 0 atom stereocenters. The van der Waals surface area contributed by atoms with E-state index in [0.29, 0.717) is 0 Å². The second-order valence-electron chi connectivity index (χ2n) is 1.63. The molecule has 0 saturated heterocycles. The van der Waals surface area contributed by atoms with Crippen molar-refractivity contribution >= 4 is 18.1 Å². The molecule has 0 saturated carbocycles. The van der Waals surface area contributed by atoms with Crippen molar-refractivity contribution in [1.29, 1.82) is 0 Å². The Morgan fingerprint density at radius 3 is 2.90 bits per heavy atom. The Bertz CT molecular complexity index is 306. The van der Waals surface area contributed by atoms with Crippen molar-refractivity contribution in [3.05, 3.63) is 22.7 Å². The fraction of sp³-hybridized carbons (Fsp3) is 0. The van der Waals surface area contributed by atoms with Gasteiger partial charge in [-0.3, -0.25) is 4.79 Å². The van der Waals surface area contributed by atoms with E-state index >= 15 is 0 Å². The van der Waals surface area contributed by atoms with Crippen molar-refractivity contribution < 1.29 is 4.79 Å². The van der Waals surface area contributed by atoms with E-state index in [2.05, 4.69) is 9.97 Å². The van der Waals surface area contributed by atoms with Crippen molar-refractivity contribution in [1.82, 2.24) is 9.97 Å². The summed E-state index contributed by atoms with van der Waals surface area (Å²) in [5.41, 5.74) is 5.04. The number of H-pyrrole nitrogens is 1. The number of primary amides is 1. The Balaban J connectivity index is 3.29. The summed E-state index contributed by atoms with van der Waals surface area (Å²) >= 11 is 4.71. The number of aromatic nitrogens is 2. The molecule has 52 valence electrons. The smallest absolute Gasteiger partial charge is 0.270 e. The van der Waals surface area contributed by atoms with E-state index in [1.165, 1.54) is 12.4 Å². The number of carbonyl (C=O) groups excluding carboxylic acids is 1. The van der Waals surface area contributed by atoms with Crippen LogP contribution in [-0.2, 0) is 0 Å². The van der Waals surface area contributed by atoms with Crippen LogP contribution in [-0.4, -0.2) is 15.9 Å². The van der Waals surface area contributed by atoms with E-state index in [1.54, 1.807) is 0 Å². The SMILES string of the molecule is NC(=O)c1ncc[nH]c1=S. The second-order valence-corrected chi connectivity index (χ2v) is 2.04. The molecule has 10 heavy (non-hydrogen) atoms. The van der Waals surface area contributed by atoms with E-state index in [4.69, 9.17) is 18.0 Å². The van der Waals surface area contributed by atoms with Crippen LogP contribution in [0.25, 0.3) is 0 Å². The van der Waals surface area contributed by atoms with Crippen molar-refractivity contribution in [2.24, 2.45) is 5.73 Å². The molecule has 0 bridgehead atoms. The Morgan fingerprint density at radius 2 is 2.50 bits per heavy atom. The Kier molecular flexibility index (Phi) is 1.77. The van der Waals surface area contributed by atoms with Crippen LogP contribution in [0, 0.1) is 4.64 Å². The predicted octanol–water partition coefficient (Wildman–Crippen LogP) is 0.238. The Labute approximate surface area is 62.1 Å². The number of rotatable bonds is 1. The van der Waals surface area contributed by atoms with Crippen LogP contribution in [0.4, 0.5) is 0 Å². The number of hydrogen-bond acceptors (Lipinski definition) is 3. The van der Waals surface area contributed by atoms with Crippen LogP contribution in [0.5, 0.6) is 0 Å². The van der Waals surface area contributed by atoms with Gasteiger partial charge in [0, 0.05) is 12.4 Å². The van der Waals surface area contributed by atoms with Crippen molar-refractivity contribution in [2.45, 2.75) is 0 Å². The van der Waals surface area contributed by atoms with Crippen molar-refractivity contribution in [3.63, 3.8) is 0 Å². The van der Waals surface area contributed by atoms with Crippen molar-refractivity contribution in [3.8, 4) is 0 Å². The lowest BCUT2D eigenvalue weighted by Gasteiger charge is -1.90. The van der Waals surface area contributed by atoms with E-state index in [1.807, 2.05) is 0 Å². The summed E-state index contributed by atoms with van der Waals surface area (Å²) in [4.78, 5) is 16.8. The number of nitrogens with zero attached hydrogens (tertiary/aromatic N) is 1. The number of hydrogen-bond donors (Lipinski definition) is 2. The average Bonchev–Trinajstić information content (AvgIpc) is 1.88. The molecular formula is C5H5N3OS. The molecule has 1 rings (SSSR count). The number of amides is 1.